The van der Waals surface area contributed by atoms with Crippen LogP contribution >= 0.6 is 23.2 Å². The fraction of sp³-hybridized carbons (Fsp3) is 0.300. The molecule has 0 aromatic heterocycles. The Bertz CT molecular complexity index is 796. The summed E-state index contributed by atoms with van der Waals surface area (Å²) in [6.45, 7) is 2.49. The van der Waals surface area contributed by atoms with Crippen molar-refractivity contribution < 1.29 is 23.8 Å². The first-order valence-corrected chi connectivity index (χ1v) is 9.45. The molecule has 28 heavy (non-hydrogen) atoms. The van der Waals surface area contributed by atoms with Gasteiger partial charge in [0.05, 0.1) is 19.6 Å². The molecule has 1 amide bonds. The van der Waals surface area contributed by atoms with E-state index in [9.17, 15) is 9.59 Å². The number of ether oxygens (including phenoxy) is 3. The van der Waals surface area contributed by atoms with E-state index >= 15 is 0 Å². The van der Waals surface area contributed by atoms with Crippen LogP contribution in [0.4, 0.5) is 0 Å². The summed E-state index contributed by atoms with van der Waals surface area (Å²) in [6.07, 6.45) is 0.0313. The van der Waals surface area contributed by atoms with E-state index in [2.05, 4.69) is 5.32 Å². The van der Waals surface area contributed by atoms with E-state index in [-0.39, 0.29) is 26.2 Å². The summed E-state index contributed by atoms with van der Waals surface area (Å²) >= 11 is 11.9. The Morgan fingerprint density at radius 3 is 2.32 bits per heavy atom. The molecule has 0 aliphatic heterocycles. The smallest absolute Gasteiger partial charge is 0.309 e. The van der Waals surface area contributed by atoms with Crippen molar-refractivity contribution in [2.75, 3.05) is 19.8 Å². The van der Waals surface area contributed by atoms with Crippen LogP contribution in [0.3, 0.4) is 0 Å². The number of carbonyl (C=O) groups excluding carboxylic acids is 2. The van der Waals surface area contributed by atoms with Gasteiger partial charge in [0.2, 0.25) is 0 Å². The summed E-state index contributed by atoms with van der Waals surface area (Å²) in [5, 5.41) is 3.60. The van der Waals surface area contributed by atoms with Gasteiger partial charge in [0, 0.05) is 16.6 Å². The Labute approximate surface area is 173 Å². The summed E-state index contributed by atoms with van der Waals surface area (Å²) in [7, 11) is 0. The Kier molecular flexibility index (Phi) is 8.91. The molecule has 0 bridgehead atoms. The predicted molar refractivity (Wildman–Crippen MR) is 107 cm³/mol. The van der Waals surface area contributed by atoms with Crippen molar-refractivity contribution in [1.29, 1.82) is 0 Å². The highest BCUT2D eigenvalue weighted by atomic mass is 35.5. The number of nitrogens with one attached hydrogen (secondary N) is 1. The minimum atomic E-state index is -0.523. The Morgan fingerprint density at radius 1 is 1.00 bits per heavy atom. The SMILES string of the molecule is CCOc1ccc(OCCC(=O)OCC(=O)NCc2ccc(Cl)cc2Cl)cc1. The second-order valence-corrected chi connectivity index (χ2v) is 6.52. The third kappa shape index (κ3) is 7.66. The second kappa shape index (κ2) is 11.4. The quantitative estimate of drug-likeness (QED) is 0.581. The highest BCUT2D eigenvalue weighted by Gasteiger charge is 2.09. The average Bonchev–Trinajstić information content (AvgIpc) is 2.67. The summed E-state index contributed by atoms with van der Waals surface area (Å²) in [4.78, 5) is 23.5. The molecule has 0 spiro atoms. The summed E-state index contributed by atoms with van der Waals surface area (Å²) in [6, 6.07) is 12.1. The van der Waals surface area contributed by atoms with E-state index in [1.54, 1.807) is 42.5 Å². The molecule has 0 fully saturated rings. The zero-order chi connectivity index (χ0) is 20.4. The van der Waals surface area contributed by atoms with Crippen molar-refractivity contribution in [3.8, 4) is 11.5 Å². The van der Waals surface area contributed by atoms with E-state index in [0.29, 0.717) is 22.4 Å². The van der Waals surface area contributed by atoms with Gasteiger partial charge in [-0.1, -0.05) is 29.3 Å². The number of benzene rings is 2. The van der Waals surface area contributed by atoms with Gasteiger partial charge in [-0.05, 0) is 48.9 Å². The summed E-state index contributed by atoms with van der Waals surface area (Å²) in [5.41, 5.74) is 0.717. The van der Waals surface area contributed by atoms with Crippen molar-refractivity contribution in [2.45, 2.75) is 19.9 Å². The monoisotopic (exact) mass is 425 g/mol. The fourth-order valence-corrected chi connectivity index (χ4v) is 2.65. The van der Waals surface area contributed by atoms with Crippen LogP contribution in [0.5, 0.6) is 11.5 Å². The first kappa shape index (κ1) is 21.9. The standard InChI is InChI=1S/C20H21Cl2NO5/c1-2-26-16-5-7-17(8-6-16)27-10-9-20(25)28-13-19(24)23-12-14-3-4-15(21)11-18(14)22/h3-8,11H,2,9-10,12-13H2,1H3,(H,23,24). The fourth-order valence-electron chi connectivity index (χ4n) is 2.18. The largest absolute Gasteiger partial charge is 0.494 e. The third-order valence-electron chi connectivity index (χ3n) is 3.57. The molecule has 0 radical (unpaired) electrons. The van der Waals surface area contributed by atoms with Crippen molar-refractivity contribution >= 4 is 35.1 Å². The molecule has 0 aliphatic rings. The minimum Gasteiger partial charge on any atom is -0.494 e. The molecule has 0 aliphatic carbocycles. The molecular weight excluding hydrogens is 405 g/mol. The Hall–Kier alpha value is -2.44. The predicted octanol–water partition coefficient (Wildman–Crippen LogP) is 4.02. The molecule has 0 heterocycles. The van der Waals surface area contributed by atoms with Gasteiger partial charge in [-0.15, -0.1) is 0 Å². The maximum absolute atomic E-state index is 11.8. The summed E-state index contributed by atoms with van der Waals surface area (Å²) < 4.78 is 15.7. The number of esters is 1. The second-order valence-electron chi connectivity index (χ2n) is 5.68. The van der Waals surface area contributed by atoms with Crippen LogP contribution in [-0.4, -0.2) is 31.7 Å². The molecule has 150 valence electrons. The van der Waals surface area contributed by atoms with Crippen LogP contribution in [0, 0.1) is 0 Å². The zero-order valence-corrected chi connectivity index (χ0v) is 16.9. The van der Waals surface area contributed by atoms with Crippen molar-refractivity contribution in [3.63, 3.8) is 0 Å². The Morgan fingerprint density at radius 2 is 1.68 bits per heavy atom. The van der Waals surface area contributed by atoms with Gasteiger partial charge in [-0.3, -0.25) is 9.59 Å². The van der Waals surface area contributed by atoms with Crippen LogP contribution in [0.2, 0.25) is 10.0 Å². The van der Waals surface area contributed by atoms with Crippen LogP contribution < -0.4 is 14.8 Å². The van der Waals surface area contributed by atoms with E-state index < -0.39 is 11.9 Å². The van der Waals surface area contributed by atoms with E-state index in [1.165, 1.54) is 0 Å². The van der Waals surface area contributed by atoms with Crippen LogP contribution in [0.25, 0.3) is 0 Å². The first-order valence-electron chi connectivity index (χ1n) is 8.70. The lowest BCUT2D eigenvalue weighted by Crippen LogP contribution is -2.28. The number of hydrogen-bond acceptors (Lipinski definition) is 5. The topological polar surface area (TPSA) is 73.9 Å². The molecule has 2 rings (SSSR count). The molecule has 0 atom stereocenters. The van der Waals surface area contributed by atoms with Crippen LogP contribution in [-0.2, 0) is 20.9 Å². The highest BCUT2D eigenvalue weighted by Crippen LogP contribution is 2.20. The number of amides is 1. The lowest BCUT2D eigenvalue weighted by atomic mass is 10.2. The van der Waals surface area contributed by atoms with Gasteiger partial charge in [-0.25, -0.2) is 0 Å². The van der Waals surface area contributed by atoms with Crippen molar-refractivity contribution in [3.05, 3.63) is 58.1 Å². The maximum Gasteiger partial charge on any atom is 0.309 e. The number of halogens is 2. The Balaban J connectivity index is 1.62. The number of hydrogen-bond donors (Lipinski definition) is 1. The maximum atomic E-state index is 11.8. The third-order valence-corrected chi connectivity index (χ3v) is 4.15. The minimum absolute atomic E-state index is 0.0313. The van der Waals surface area contributed by atoms with Gasteiger partial charge < -0.3 is 19.5 Å². The molecule has 2 aromatic carbocycles. The molecule has 0 saturated carbocycles. The molecular formula is C20H21Cl2NO5. The summed E-state index contributed by atoms with van der Waals surface area (Å²) in [5.74, 6) is 0.423. The van der Waals surface area contributed by atoms with Gasteiger partial charge in [-0.2, -0.15) is 0 Å². The lowest BCUT2D eigenvalue weighted by molar-refractivity contribution is -0.149. The molecule has 0 unspecified atom stereocenters. The molecule has 1 N–H and O–H groups in total. The van der Waals surface area contributed by atoms with Gasteiger partial charge in [0.15, 0.2) is 6.61 Å². The van der Waals surface area contributed by atoms with E-state index in [0.717, 1.165) is 11.3 Å². The molecule has 0 saturated heterocycles. The van der Waals surface area contributed by atoms with E-state index in [1.807, 2.05) is 6.92 Å². The average molecular weight is 426 g/mol. The van der Waals surface area contributed by atoms with E-state index in [4.69, 9.17) is 37.4 Å². The highest BCUT2D eigenvalue weighted by molar-refractivity contribution is 6.35. The van der Waals surface area contributed by atoms with Gasteiger partial charge in [0.25, 0.3) is 5.91 Å². The molecule has 8 heteroatoms. The lowest BCUT2D eigenvalue weighted by Gasteiger charge is -2.09. The van der Waals surface area contributed by atoms with Gasteiger partial charge in [0.1, 0.15) is 11.5 Å². The zero-order valence-electron chi connectivity index (χ0n) is 15.4. The number of carbonyl (C=O) groups is 2. The van der Waals surface area contributed by atoms with Crippen molar-refractivity contribution in [2.24, 2.45) is 0 Å². The normalized spacial score (nSPS) is 10.2. The molecule has 2 aromatic rings. The number of rotatable bonds is 10. The van der Waals surface area contributed by atoms with Crippen LogP contribution in [0.15, 0.2) is 42.5 Å². The van der Waals surface area contributed by atoms with Crippen molar-refractivity contribution in [1.82, 2.24) is 5.32 Å². The molecule has 6 nitrogen and oxygen atoms in total. The van der Waals surface area contributed by atoms with Gasteiger partial charge >= 0.3 is 5.97 Å². The first-order chi connectivity index (χ1) is 13.5. The van der Waals surface area contributed by atoms with Crippen LogP contribution in [0.1, 0.15) is 18.9 Å².